The third kappa shape index (κ3) is 12.6. The molecule has 0 aliphatic carbocycles. The van der Waals surface area contributed by atoms with Gasteiger partial charge in [-0.25, -0.2) is 0 Å². The Bertz CT molecular complexity index is 530. The molecule has 128 valence electrons. The van der Waals surface area contributed by atoms with Gasteiger partial charge in [0.2, 0.25) is 0 Å². The van der Waals surface area contributed by atoms with Gasteiger partial charge >= 0.3 is 0 Å². The van der Waals surface area contributed by atoms with E-state index in [1.54, 1.807) is 4.90 Å². The van der Waals surface area contributed by atoms with Gasteiger partial charge in [0.1, 0.15) is 5.78 Å². The van der Waals surface area contributed by atoms with E-state index in [-0.39, 0.29) is 5.78 Å². The van der Waals surface area contributed by atoms with Gasteiger partial charge in [0.15, 0.2) is 0 Å². The molecule has 2 N–H and O–H groups in total. The molecule has 1 aromatic carbocycles. The van der Waals surface area contributed by atoms with Crippen LogP contribution in [0.4, 0.5) is 4.79 Å². The summed E-state index contributed by atoms with van der Waals surface area (Å²) in [6, 6.07) is 8.25. The normalized spacial score (nSPS) is 9.39. The van der Waals surface area contributed by atoms with Crippen LogP contribution in [0.1, 0.15) is 24.0 Å². The van der Waals surface area contributed by atoms with Crippen molar-refractivity contribution in [3.05, 3.63) is 35.4 Å². The van der Waals surface area contributed by atoms with Gasteiger partial charge in [-0.15, -0.1) is 0 Å². The summed E-state index contributed by atoms with van der Waals surface area (Å²) < 4.78 is 5.28. The molecule has 0 fully saturated rings. The quantitative estimate of drug-likeness (QED) is 0.606. The molecule has 5 nitrogen and oxygen atoms in total. The van der Waals surface area contributed by atoms with Crippen LogP contribution < -0.4 is 5.73 Å². The van der Waals surface area contributed by atoms with Gasteiger partial charge in [0.25, 0.3) is 10.4 Å². The summed E-state index contributed by atoms with van der Waals surface area (Å²) in [5.74, 6) is 0.211. The van der Waals surface area contributed by atoms with E-state index in [4.69, 9.17) is 21.7 Å². The summed E-state index contributed by atoms with van der Waals surface area (Å²) in [5.41, 5.74) is 6.77. The Balaban J connectivity index is 0.00000108. The minimum absolute atomic E-state index is 0.211. The molecule has 0 unspecified atom stereocenters. The van der Waals surface area contributed by atoms with Crippen LogP contribution in [-0.2, 0) is 16.0 Å². The number of amides is 1. The zero-order chi connectivity index (χ0) is 17.8. The Morgan fingerprint density at radius 1 is 1.30 bits per heavy atom. The monoisotopic (exact) mass is 356 g/mol. The first-order valence-corrected chi connectivity index (χ1v) is 7.97. The Labute approximate surface area is 148 Å². The first kappa shape index (κ1) is 21.4. The Hall–Kier alpha value is -1.60. The predicted molar refractivity (Wildman–Crippen MR) is 99.9 cm³/mol. The fourth-order valence-electron chi connectivity index (χ4n) is 1.66. The van der Waals surface area contributed by atoms with Gasteiger partial charge < -0.3 is 15.4 Å². The number of primary amides is 1. The first-order chi connectivity index (χ1) is 10.7. The molecule has 0 aliphatic heterocycles. The highest BCUT2D eigenvalue weighted by molar-refractivity contribution is 7.96. The summed E-state index contributed by atoms with van der Waals surface area (Å²) in [4.78, 5) is 22.5. The van der Waals surface area contributed by atoms with Gasteiger partial charge in [-0.3, -0.25) is 9.59 Å². The van der Waals surface area contributed by atoms with Crippen LogP contribution in [0.15, 0.2) is 24.3 Å². The SMILES string of the molecule is Cc1cccc(CCC(=O)CCOC(=S)N(C)C)c1.NC(=O)S. The maximum absolute atomic E-state index is 11.7. The first-order valence-electron chi connectivity index (χ1n) is 7.12. The number of ketones is 1. The maximum atomic E-state index is 11.7. The van der Waals surface area contributed by atoms with E-state index < -0.39 is 5.24 Å². The summed E-state index contributed by atoms with van der Waals surface area (Å²) in [5, 5.41) is -0.216. The zero-order valence-electron chi connectivity index (χ0n) is 13.7. The van der Waals surface area contributed by atoms with Crippen LogP contribution in [0, 0.1) is 6.92 Å². The molecule has 1 amide bonds. The number of hydrogen-bond acceptors (Lipinski definition) is 4. The Morgan fingerprint density at radius 2 is 1.91 bits per heavy atom. The number of carbonyl (C=O) groups is 2. The lowest BCUT2D eigenvalue weighted by atomic mass is 10.0. The second-order valence-corrected chi connectivity index (χ2v) is 5.91. The summed E-state index contributed by atoms with van der Waals surface area (Å²) in [6.45, 7) is 2.42. The van der Waals surface area contributed by atoms with Gasteiger partial charge in [-0.2, -0.15) is 0 Å². The fourth-order valence-corrected chi connectivity index (χ4v) is 1.74. The van der Waals surface area contributed by atoms with Gasteiger partial charge in [-0.1, -0.05) is 42.5 Å². The second-order valence-electron chi connectivity index (χ2n) is 5.12. The van der Waals surface area contributed by atoms with Crippen molar-refractivity contribution >= 4 is 41.0 Å². The molecule has 0 spiro atoms. The molecule has 23 heavy (non-hydrogen) atoms. The number of nitrogens with zero attached hydrogens (tertiary/aromatic N) is 1. The number of benzene rings is 1. The van der Waals surface area contributed by atoms with Crippen LogP contribution in [0.2, 0.25) is 0 Å². The lowest BCUT2D eigenvalue weighted by molar-refractivity contribution is -0.119. The lowest BCUT2D eigenvalue weighted by Crippen LogP contribution is -2.23. The van der Waals surface area contributed by atoms with Crippen LogP contribution >= 0.6 is 24.8 Å². The number of hydrogen-bond donors (Lipinski definition) is 2. The summed E-state index contributed by atoms with van der Waals surface area (Å²) in [7, 11) is 3.64. The van der Waals surface area contributed by atoms with E-state index in [1.807, 2.05) is 20.2 Å². The minimum Gasteiger partial charge on any atom is -0.470 e. The van der Waals surface area contributed by atoms with Crippen LogP contribution in [-0.4, -0.2) is 41.8 Å². The number of rotatable bonds is 6. The van der Waals surface area contributed by atoms with E-state index in [0.717, 1.165) is 6.42 Å². The maximum Gasteiger partial charge on any atom is 0.273 e. The fraction of sp³-hybridized carbons (Fsp3) is 0.438. The average molecular weight is 357 g/mol. The zero-order valence-corrected chi connectivity index (χ0v) is 15.5. The Kier molecular flexibility index (Phi) is 11.1. The molecule has 1 aromatic rings. The van der Waals surface area contributed by atoms with Crippen molar-refractivity contribution in [2.75, 3.05) is 20.7 Å². The van der Waals surface area contributed by atoms with E-state index >= 15 is 0 Å². The second kappa shape index (κ2) is 11.9. The number of aryl methyl sites for hydroxylation is 2. The lowest BCUT2D eigenvalue weighted by Gasteiger charge is -2.13. The van der Waals surface area contributed by atoms with Crippen LogP contribution in [0.3, 0.4) is 0 Å². The molecule has 0 bridgehead atoms. The van der Waals surface area contributed by atoms with Crippen molar-refractivity contribution in [2.24, 2.45) is 5.73 Å². The predicted octanol–water partition coefficient (Wildman–Crippen LogP) is 2.74. The molecule has 0 aromatic heterocycles. The van der Waals surface area contributed by atoms with E-state index in [0.29, 0.717) is 24.6 Å². The van der Waals surface area contributed by atoms with Crippen LogP contribution in [0.5, 0.6) is 0 Å². The van der Waals surface area contributed by atoms with Gasteiger partial charge in [0.05, 0.1) is 6.61 Å². The van der Waals surface area contributed by atoms with Crippen molar-refractivity contribution in [3.8, 4) is 0 Å². The Morgan fingerprint density at radius 3 is 2.43 bits per heavy atom. The summed E-state index contributed by atoms with van der Waals surface area (Å²) in [6.07, 6.45) is 1.76. The largest absolute Gasteiger partial charge is 0.470 e. The van der Waals surface area contributed by atoms with Gasteiger partial charge in [-0.05, 0) is 31.1 Å². The molecular weight excluding hydrogens is 332 g/mol. The number of thiocarbonyl (C=S) groups is 1. The molecule has 0 saturated carbocycles. The van der Waals surface area contributed by atoms with E-state index in [9.17, 15) is 4.79 Å². The minimum atomic E-state index is -0.639. The molecule has 0 saturated heterocycles. The molecule has 0 atom stereocenters. The van der Waals surface area contributed by atoms with Crippen molar-refractivity contribution in [1.82, 2.24) is 4.90 Å². The highest BCUT2D eigenvalue weighted by Crippen LogP contribution is 2.07. The number of Topliss-reactive ketones (excluding diaryl/α,β-unsaturated/α-hetero) is 1. The molecule has 0 heterocycles. The van der Waals surface area contributed by atoms with Crippen molar-refractivity contribution < 1.29 is 14.3 Å². The van der Waals surface area contributed by atoms with Crippen molar-refractivity contribution in [3.63, 3.8) is 0 Å². The molecule has 7 heteroatoms. The number of thiol groups is 1. The van der Waals surface area contributed by atoms with Crippen molar-refractivity contribution in [2.45, 2.75) is 26.2 Å². The number of nitrogens with two attached hydrogens (primary N) is 1. The van der Waals surface area contributed by atoms with E-state index in [1.165, 1.54) is 11.1 Å². The van der Waals surface area contributed by atoms with E-state index in [2.05, 4.69) is 43.5 Å². The highest BCUT2D eigenvalue weighted by Gasteiger charge is 2.05. The summed E-state index contributed by atoms with van der Waals surface area (Å²) >= 11 is 8.08. The van der Waals surface area contributed by atoms with Crippen LogP contribution in [0.25, 0.3) is 0 Å². The average Bonchev–Trinajstić information content (AvgIpc) is 2.44. The molecule has 0 radical (unpaired) electrons. The van der Waals surface area contributed by atoms with Gasteiger partial charge in [0, 0.05) is 26.9 Å². The molecule has 0 aliphatic rings. The van der Waals surface area contributed by atoms with Crippen molar-refractivity contribution in [1.29, 1.82) is 0 Å². The number of ether oxygens (including phenoxy) is 1. The molecular formula is C16H24N2O3S2. The molecule has 1 rings (SSSR count). The standard InChI is InChI=1S/C15H21NO2S.CH3NOS/c1-12-5-4-6-13(11-12)7-8-14(17)9-10-18-15(19)16(2)3;2-1(3)4/h4-6,11H,7-10H2,1-3H3;(H3,2,3,4). The topological polar surface area (TPSA) is 72.6 Å². The third-order valence-electron chi connectivity index (χ3n) is 2.75. The third-order valence-corrected chi connectivity index (χ3v) is 3.23. The number of carbonyl (C=O) groups excluding carboxylic acids is 2. The highest BCUT2D eigenvalue weighted by atomic mass is 32.1. The smallest absolute Gasteiger partial charge is 0.273 e.